The SMILES string of the molecule is c1csc(CNCCc2ccc3c(c2)OCCO3)n1. The lowest BCUT2D eigenvalue weighted by Gasteiger charge is -2.18. The number of fused-ring (bicyclic) bond motifs is 1. The molecule has 0 unspecified atom stereocenters. The topological polar surface area (TPSA) is 43.4 Å². The number of benzene rings is 1. The van der Waals surface area contributed by atoms with E-state index in [0.717, 1.165) is 36.0 Å². The van der Waals surface area contributed by atoms with Gasteiger partial charge in [-0.1, -0.05) is 6.07 Å². The van der Waals surface area contributed by atoms with E-state index < -0.39 is 0 Å². The van der Waals surface area contributed by atoms with Crippen LogP contribution in [0.3, 0.4) is 0 Å². The van der Waals surface area contributed by atoms with Crippen LogP contribution in [0.25, 0.3) is 0 Å². The molecule has 1 aromatic carbocycles. The van der Waals surface area contributed by atoms with Gasteiger partial charge >= 0.3 is 0 Å². The molecule has 2 aromatic rings. The van der Waals surface area contributed by atoms with E-state index in [1.807, 2.05) is 17.6 Å². The number of nitrogens with one attached hydrogen (secondary N) is 1. The average Bonchev–Trinajstić information content (AvgIpc) is 2.97. The maximum atomic E-state index is 5.58. The highest BCUT2D eigenvalue weighted by Crippen LogP contribution is 2.30. The van der Waals surface area contributed by atoms with Crippen LogP contribution in [0.1, 0.15) is 10.6 Å². The second-order valence-corrected chi connectivity index (χ2v) is 5.31. The van der Waals surface area contributed by atoms with Crippen LogP contribution in [0.2, 0.25) is 0 Å². The summed E-state index contributed by atoms with van der Waals surface area (Å²) in [6.45, 7) is 3.04. The number of hydrogen-bond acceptors (Lipinski definition) is 5. The van der Waals surface area contributed by atoms with Crippen LogP contribution in [0, 0.1) is 0 Å². The molecule has 5 heteroatoms. The summed E-state index contributed by atoms with van der Waals surface area (Å²) in [5, 5.41) is 6.52. The molecule has 0 saturated heterocycles. The Bertz CT molecular complexity index is 528. The van der Waals surface area contributed by atoms with Crippen molar-refractivity contribution in [2.75, 3.05) is 19.8 Å². The molecular weight excluding hydrogens is 260 g/mol. The number of thiazole rings is 1. The van der Waals surface area contributed by atoms with Crippen LogP contribution in [-0.2, 0) is 13.0 Å². The third kappa shape index (κ3) is 3.24. The molecule has 0 bridgehead atoms. The van der Waals surface area contributed by atoms with Gasteiger partial charge in [0.25, 0.3) is 0 Å². The largest absolute Gasteiger partial charge is 0.486 e. The van der Waals surface area contributed by atoms with Gasteiger partial charge in [-0.05, 0) is 30.7 Å². The average molecular weight is 276 g/mol. The van der Waals surface area contributed by atoms with Crippen molar-refractivity contribution in [3.05, 3.63) is 40.3 Å². The lowest BCUT2D eigenvalue weighted by atomic mass is 10.1. The number of nitrogens with zero attached hydrogens (tertiary/aromatic N) is 1. The molecule has 1 aliphatic rings. The van der Waals surface area contributed by atoms with Crippen molar-refractivity contribution >= 4 is 11.3 Å². The lowest BCUT2D eigenvalue weighted by molar-refractivity contribution is 0.171. The Labute approximate surface area is 116 Å². The second-order valence-electron chi connectivity index (χ2n) is 4.33. The Morgan fingerprint density at radius 2 is 2.11 bits per heavy atom. The summed E-state index contributed by atoms with van der Waals surface area (Å²) in [6, 6.07) is 6.16. The van der Waals surface area contributed by atoms with Crippen LogP contribution < -0.4 is 14.8 Å². The van der Waals surface area contributed by atoms with Crippen molar-refractivity contribution in [3.63, 3.8) is 0 Å². The molecule has 2 heterocycles. The van der Waals surface area contributed by atoms with Gasteiger partial charge in [0.2, 0.25) is 0 Å². The van der Waals surface area contributed by atoms with E-state index in [-0.39, 0.29) is 0 Å². The zero-order chi connectivity index (χ0) is 12.9. The Morgan fingerprint density at radius 1 is 1.21 bits per heavy atom. The van der Waals surface area contributed by atoms with Gasteiger partial charge in [-0.3, -0.25) is 0 Å². The monoisotopic (exact) mass is 276 g/mol. The molecule has 1 N–H and O–H groups in total. The molecule has 0 amide bonds. The van der Waals surface area contributed by atoms with Crippen molar-refractivity contribution in [2.24, 2.45) is 0 Å². The molecule has 19 heavy (non-hydrogen) atoms. The molecule has 0 fully saturated rings. The molecule has 4 nitrogen and oxygen atoms in total. The van der Waals surface area contributed by atoms with E-state index in [4.69, 9.17) is 9.47 Å². The van der Waals surface area contributed by atoms with E-state index >= 15 is 0 Å². The van der Waals surface area contributed by atoms with Crippen molar-refractivity contribution < 1.29 is 9.47 Å². The van der Waals surface area contributed by atoms with Crippen molar-refractivity contribution in [1.82, 2.24) is 10.3 Å². The molecule has 0 saturated carbocycles. The number of ether oxygens (including phenoxy) is 2. The van der Waals surface area contributed by atoms with E-state index in [2.05, 4.69) is 22.4 Å². The van der Waals surface area contributed by atoms with Crippen molar-refractivity contribution in [2.45, 2.75) is 13.0 Å². The number of rotatable bonds is 5. The summed E-state index contributed by atoms with van der Waals surface area (Å²) in [5.41, 5.74) is 1.26. The number of hydrogen-bond donors (Lipinski definition) is 1. The fourth-order valence-electron chi connectivity index (χ4n) is 2.01. The third-order valence-electron chi connectivity index (χ3n) is 2.96. The summed E-state index contributed by atoms with van der Waals surface area (Å²) in [5.74, 6) is 1.72. The molecule has 0 atom stereocenters. The minimum atomic E-state index is 0.638. The van der Waals surface area contributed by atoms with Crippen LogP contribution >= 0.6 is 11.3 Å². The first-order valence-electron chi connectivity index (χ1n) is 6.39. The Balaban J connectivity index is 1.50. The first-order chi connectivity index (χ1) is 9.42. The standard InChI is InChI=1S/C14H16N2O2S/c1-2-12-13(18-7-6-17-12)9-11(1)3-4-15-10-14-16-5-8-19-14/h1-2,5,8-9,15H,3-4,6-7,10H2. The van der Waals surface area contributed by atoms with Crippen LogP contribution in [-0.4, -0.2) is 24.7 Å². The first kappa shape index (κ1) is 12.4. The molecule has 100 valence electrons. The summed E-state index contributed by atoms with van der Waals surface area (Å²) >= 11 is 1.68. The third-order valence-corrected chi connectivity index (χ3v) is 3.74. The van der Waals surface area contributed by atoms with Gasteiger partial charge in [0.1, 0.15) is 18.2 Å². The maximum absolute atomic E-state index is 5.58. The molecule has 0 radical (unpaired) electrons. The Kier molecular flexibility index (Phi) is 3.95. The summed E-state index contributed by atoms with van der Waals surface area (Å²) in [4.78, 5) is 4.24. The zero-order valence-corrected chi connectivity index (χ0v) is 11.4. The van der Waals surface area contributed by atoms with E-state index in [9.17, 15) is 0 Å². The van der Waals surface area contributed by atoms with E-state index in [0.29, 0.717) is 13.2 Å². The Hall–Kier alpha value is -1.59. The maximum Gasteiger partial charge on any atom is 0.161 e. The van der Waals surface area contributed by atoms with Crippen LogP contribution in [0.15, 0.2) is 29.8 Å². The molecule has 0 spiro atoms. The lowest BCUT2D eigenvalue weighted by Crippen LogP contribution is -2.17. The van der Waals surface area contributed by atoms with Gasteiger partial charge in [-0.2, -0.15) is 0 Å². The minimum absolute atomic E-state index is 0.638. The highest BCUT2D eigenvalue weighted by atomic mass is 32.1. The van der Waals surface area contributed by atoms with Crippen LogP contribution in [0.5, 0.6) is 11.5 Å². The van der Waals surface area contributed by atoms with Crippen molar-refractivity contribution in [1.29, 1.82) is 0 Å². The highest BCUT2D eigenvalue weighted by Gasteiger charge is 2.11. The number of aromatic nitrogens is 1. The van der Waals surface area contributed by atoms with E-state index in [1.54, 1.807) is 11.3 Å². The normalized spacial score (nSPS) is 13.5. The fourth-order valence-corrected chi connectivity index (χ4v) is 2.60. The fraction of sp³-hybridized carbons (Fsp3) is 0.357. The summed E-state index contributed by atoms with van der Waals surface area (Å²) in [6.07, 6.45) is 2.81. The van der Waals surface area contributed by atoms with Crippen molar-refractivity contribution in [3.8, 4) is 11.5 Å². The summed E-state index contributed by atoms with van der Waals surface area (Å²) in [7, 11) is 0. The molecular formula is C14H16N2O2S. The predicted molar refractivity (Wildman–Crippen MR) is 75.0 cm³/mol. The second kappa shape index (κ2) is 6.04. The molecule has 3 rings (SSSR count). The van der Waals surface area contributed by atoms with Gasteiger partial charge in [-0.15, -0.1) is 11.3 Å². The molecule has 1 aromatic heterocycles. The van der Waals surface area contributed by atoms with E-state index in [1.165, 1.54) is 5.56 Å². The smallest absolute Gasteiger partial charge is 0.161 e. The molecule has 1 aliphatic heterocycles. The van der Waals surface area contributed by atoms with Gasteiger partial charge in [0.15, 0.2) is 11.5 Å². The van der Waals surface area contributed by atoms with Gasteiger partial charge < -0.3 is 14.8 Å². The van der Waals surface area contributed by atoms with Gasteiger partial charge in [0, 0.05) is 18.1 Å². The van der Waals surface area contributed by atoms with Gasteiger partial charge in [0.05, 0.1) is 0 Å². The Morgan fingerprint density at radius 3 is 2.95 bits per heavy atom. The van der Waals surface area contributed by atoms with Gasteiger partial charge in [-0.25, -0.2) is 4.98 Å². The quantitative estimate of drug-likeness (QED) is 0.851. The van der Waals surface area contributed by atoms with Crippen LogP contribution in [0.4, 0.5) is 0 Å². The first-order valence-corrected chi connectivity index (χ1v) is 7.27. The molecule has 0 aliphatic carbocycles. The summed E-state index contributed by atoms with van der Waals surface area (Å²) < 4.78 is 11.1. The minimum Gasteiger partial charge on any atom is -0.486 e. The predicted octanol–water partition coefficient (Wildman–Crippen LogP) is 2.25. The highest BCUT2D eigenvalue weighted by molar-refractivity contribution is 7.09. The zero-order valence-electron chi connectivity index (χ0n) is 10.6.